The van der Waals surface area contributed by atoms with Crippen LogP contribution in [0.1, 0.15) is 24.0 Å². The average molecular weight is 570 g/mol. The van der Waals surface area contributed by atoms with E-state index >= 15 is 0 Å². The SMILES string of the molecule is COc1cc2ncnc(N3CCN(c4ncc(Cc5ccccc5)cn4)CC3)c2cc1OCC1CCN(CCO)CC1. The van der Waals surface area contributed by atoms with Gasteiger partial charge in [0.2, 0.25) is 5.95 Å². The largest absolute Gasteiger partial charge is 0.493 e. The van der Waals surface area contributed by atoms with E-state index < -0.39 is 0 Å². The highest BCUT2D eigenvalue weighted by Crippen LogP contribution is 2.36. The lowest BCUT2D eigenvalue weighted by atomic mass is 9.98. The molecule has 0 bridgehead atoms. The van der Waals surface area contributed by atoms with Gasteiger partial charge in [-0.1, -0.05) is 30.3 Å². The Morgan fingerprint density at radius 3 is 2.29 bits per heavy atom. The maximum atomic E-state index is 9.21. The van der Waals surface area contributed by atoms with Crippen LogP contribution in [0, 0.1) is 5.92 Å². The number of piperazine rings is 1. The highest BCUT2D eigenvalue weighted by atomic mass is 16.5. The summed E-state index contributed by atoms with van der Waals surface area (Å²) in [6, 6.07) is 14.4. The Labute approximate surface area is 247 Å². The van der Waals surface area contributed by atoms with Gasteiger partial charge in [0.15, 0.2) is 11.5 Å². The number of methoxy groups -OCH3 is 1. The Balaban J connectivity index is 1.11. The number of aliphatic hydroxyl groups is 1. The summed E-state index contributed by atoms with van der Waals surface area (Å²) in [6.07, 6.45) is 8.46. The summed E-state index contributed by atoms with van der Waals surface area (Å²) < 4.78 is 12.0. The molecule has 1 N–H and O–H groups in total. The lowest BCUT2D eigenvalue weighted by Crippen LogP contribution is -2.47. The third kappa shape index (κ3) is 6.55. The summed E-state index contributed by atoms with van der Waals surface area (Å²) in [4.78, 5) is 25.4. The predicted octanol–water partition coefficient (Wildman–Crippen LogP) is 3.43. The fourth-order valence-electron chi connectivity index (χ4n) is 5.85. The van der Waals surface area contributed by atoms with Crippen molar-refractivity contribution in [2.75, 3.05) is 75.9 Å². The topological polar surface area (TPSA) is 100.0 Å². The van der Waals surface area contributed by atoms with Crippen LogP contribution < -0.4 is 19.3 Å². The molecule has 2 saturated heterocycles. The van der Waals surface area contributed by atoms with E-state index in [2.05, 4.69) is 53.9 Å². The predicted molar refractivity (Wildman–Crippen MR) is 164 cm³/mol. The van der Waals surface area contributed by atoms with Gasteiger partial charge in [0.25, 0.3) is 0 Å². The van der Waals surface area contributed by atoms with Crippen LogP contribution in [0.2, 0.25) is 0 Å². The summed E-state index contributed by atoms with van der Waals surface area (Å²) in [7, 11) is 1.67. The van der Waals surface area contributed by atoms with Crippen LogP contribution >= 0.6 is 0 Å². The summed E-state index contributed by atoms with van der Waals surface area (Å²) in [5.74, 6) is 3.56. The van der Waals surface area contributed by atoms with Crippen LogP contribution in [0.25, 0.3) is 10.9 Å². The molecule has 220 valence electrons. The molecule has 2 fully saturated rings. The molecule has 2 aliphatic heterocycles. The number of nitrogens with zero attached hydrogens (tertiary/aromatic N) is 7. The zero-order chi connectivity index (χ0) is 28.7. The Morgan fingerprint density at radius 1 is 0.833 bits per heavy atom. The molecule has 42 heavy (non-hydrogen) atoms. The lowest BCUT2D eigenvalue weighted by molar-refractivity contribution is 0.121. The summed E-state index contributed by atoms with van der Waals surface area (Å²) >= 11 is 0. The van der Waals surface area contributed by atoms with Gasteiger partial charge in [-0.05, 0) is 49.0 Å². The van der Waals surface area contributed by atoms with Crippen molar-refractivity contribution in [1.82, 2.24) is 24.8 Å². The number of ether oxygens (including phenoxy) is 2. The number of hydrogen-bond acceptors (Lipinski definition) is 10. The highest BCUT2D eigenvalue weighted by molar-refractivity contribution is 5.92. The molecular formula is C32H39N7O3. The number of aliphatic hydroxyl groups excluding tert-OH is 1. The minimum absolute atomic E-state index is 0.213. The molecule has 0 amide bonds. The van der Waals surface area contributed by atoms with Gasteiger partial charge in [-0.2, -0.15) is 0 Å². The first-order chi connectivity index (χ1) is 20.7. The van der Waals surface area contributed by atoms with Crippen LogP contribution in [-0.4, -0.2) is 96.1 Å². The van der Waals surface area contributed by atoms with E-state index in [-0.39, 0.29) is 6.61 Å². The van der Waals surface area contributed by atoms with Crippen molar-refractivity contribution in [3.05, 3.63) is 72.3 Å². The fourth-order valence-corrected chi connectivity index (χ4v) is 5.85. The van der Waals surface area contributed by atoms with Crippen molar-refractivity contribution in [2.45, 2.75) is 19.3 Å². The monoisotopic (exact) mass is 569 g/mol. The number of hydrogen-bond donors (Lipinski definition) is 1. The summed E-state index contributed by atoms with van der Waals surface area (Å²) in [5.41, 5.74) is 3.20. The number of piperidine rings is 1. The zero-order valence-corrected chi connectivity index (χ0v) is 24.2. The zero-order valence-electron chi connectivity index (χ0n) is 24.2. The van der Waals surface area contributed by atoms with Gasteiger partial charge in [0.05, 0.1) is 25.8 Å². The molecule has 0 atom stereocenters. The first-order valence-electron chi connectivity index (χ1n) is 14.8. The molecule has 2 aliphatic rings. The third-order valence-corrected chi connectivity index (χ3v) is 8.30. The van der Waals surface area contributed by atoms with Crippen LogP contribution in [0.4, 0.5) is 11.8 Å². The van der Waals surface area contributed by atoms with E-state index in [4.69, 9.17) is 14.5 Å². The number of rotatable bonds is 10. The molecule has 2 aromatic heterocycles. The maximum absolute atomic E-state index is 9.21. The van der Waals surface area contributed by atoms with E-state index in [9.17, 15) is 5.11 Å². The summed E-state index contributed by atoms with van der Waals surface area (Å²) in [6.45, 7) is 6.80. The molecule has 2 aromatic carbocycles. The second-order valence-corrected chi connectivity index (χ2v) is 11.1. The molecular weight excluding hydrogens is 530 g/mol. The molecule has 0 radical (unpaired) electrons. The number of likely N-dealkylation sites (tertiary alicyclic amines) is 1. The number of β-amino-alcohol motifs (C(OH)–C–C–N with tert-alkyl or cyclic N) is 1. The first kappa shape index (κ1) is 28.1. The van der Waals surface area contributed by atoms with E-state index in [0.717, 1.165) is 99.1 Å². The Kier molecular flexibility index (Phi) is 8.91. The Bertz CT molecular complexity index is 1440. The van der Waals surface area contributed by atoms with Crippen molar-refractivity contribution >= 4 is 22.7 Å². The van der Waals surface area contributed by atoms with Gasteiger partial charge >= 0.3 is 0 Å². The van der Waals surface area contributed by atoms with Crippen molar-refractivity contribution in [1.29, 1.82) is 0 Å². The summed E-state index contributed by atoms with van der Waals surface area (Å²) in [5, 5.41) is 10.2. The van der Waals surface area contributed by atoms with E-state index in [0.29, 0.717) is 18.3 Å². The van der Waals surface area contributed by atoms with Crippen molar-refractivity contribution in [2.24, 2.45) is 5.92 Å². The molecule has 0 unspecified atom stereocenters. The number of fused-ring (bicyclic) bond motifs is 1. The molecule has 0 spiro atoms. The van der Waals surface area contributed by atoms with Crippen LogP contribution in [0.3, 0.4) is 0 Å². The fraction of sp³-hybridized carbons (Fsp3) is 0.438. The van der Waals surface area contributed by atoms with E-state index in [1.165, 1.54) is 5.56 Å². The number of aromatic nitrogens is 4. The van der Waals surface area contributed by atoms with Crippen molar-refractivity contribution in [3.63, 3.8) is 0 Å². The number of benzene rings is 2. The second kappa shape index (κ2) is 13.3. The quantitative estimate of drug-likeness (QED) is 0.306. The maximum Gasteiger partial charge on any atom is 0.225 e. The second-order valence-electron chi connectivity index (χ2n) is 11.1. The smallest absolute Gasteiger partial charge is 0.225 e. The minimum atomic E-state index is 0.213. The van der Waals surface area contributed by atoms with Gasteiger partial charge < -0.3 is 29.3 Å². The molecule has 6 rings (SSSR count). The molecule has 10 heteroatoms. The molecule has 10 nitrogen and oxygen atoms in total. The standard InChI is InChI=1S/C32H39N7O3/c1-41-29-19-28-27(18-30(29)42-22-25-7-9-37(10-8-25)15-16-40)31(36-23-35-28)38-11-13-39(14-12-38)32-33-20-26(21-34-32)17-24-5-3-2-4-6-24/h2-6,18-21,23,25,40H,7-17,22H2,1H3. The van der Waals surface area contributed by atoms with Gasteiger partial charge in [-0.25, -0.2) is 19.9 Å². The van der Waals surface area contributed by atoms with E-state index in [1.807, 2.05) is 30.6 Å². The lowest BCUT2D eigenvalue weighted by Gasteiger charge is -2.35. The first-order valence-corrected chi connectivity index (χ1v) is 14.8. The third-order valence-electron chi connectivity index (χ3n) is 8.30. The minimum Gasteiger partial charge on any atom is -0.493 e. The number of anilines is 2. The van der Waals surface area contributed by atoms with Crippen LogP contribution in [0.5, 0.6) is 11.5 Å². The van der Waals surface area contributed by atoms with Gasteiger partial charge in [0, 0.05) is 63.0 Å². The Morgan fingerprint density at radius 2 is 1.57 bits per heavy atom. The average Bonchev–Trinajstić information content (AvgIpc) is 3.05. The molecule has 0 saturated carbocycles. The normalized spacial score (nSPS) is 16.6. The van der Waals surface area contributed by atoms with E-state index in [1.54, 1.807) is 13.4 Å². The van der Waals surface area contributed by atoms with Gasteiger partial charge in [-0.15, -0.1) is 0 Å². The van der Waals surface area contributed by atoms with Crippen LogP contribution in [0.15, 0.2) is 61.2 Å². The molecule has 0 aliphatic carbocycles. The molecule has 4 heterocycles. The highest BCUT2D eigenvalue weighted by Gasteiger charge is 2.24. The van der Waals surface area contributed by atoms with Crippen molar-refractivity contribution < 1.29 is 14.6 Å². The van der Waals surface area contributed by atoms with Crippen LogP contribution in [-0.2, 0) is 6.42 Å². The van der Waals surface area contributed by atoms with Gasteiger partial charge in [0.1, 0.15) is 12.1 Å². The molecule has 4 aromatic rings. The Hall–Kier alpha value is -4.02. The van der Waals surface area contributed by atoms with Gasteiger partial charge in [-0.3, -0.25) is 0 Å². The van der Waals surface area contributed by atoms with Crippen molar-refractivity contribution in [3.8, 4) is 11.5 Å².